The molecule has 1 aliphatic heterocycles. The number of hydrogen-bond acceptors (Lipinski definition) is 4. The van der Waals surface area contributed by atoms with Crippen molar-refractivity contribution in [1.29, 1.82) is 5.26 Å². The van der Waals surface area contributed by atoms with E-state index in [1.54, 1.807) is 0 Å². The van der Waals surface area contributed by atoms with E-state index in [0.29, 0.717) is 11.4 Å². The number of anilines is 1. The number of fused-ring (bicyclic) bond motifs is 1. The van der Waals surface area contributed by atoms with Crippen LogP contribution in [0.4, 0.5) is 5.69 Å². The number of thioether (sulfide) groups is 1. The van der Waals surface area contributed by atoms with Gasteiger partial charge in [-0.05, 0) is 36.4 Å². The summed E-state index contributed by atoms with van der Waals surface area (Å²) in [4.78, 5) is 0. The predicted molar refractivity (Wildman–Crippen MR) is 96.4 cm³/mol. The summed E-state index contributed by atoms with van der Waals surface area (Å²) < 4.78 is 7.79. The molecule has 2 heterocycles. The van der Waals surface area contributed by atoms with Crippen molar-refractivity contribution in [2.75, 3.05) is 5.73 Å². The van der Waals surface area contributed by atoms with Gasteiger partial charge >= 0.3 is 0 Å². The molecule has 0 spiro atoms. The Morgan fingerprint density at radius 1 is 1.00 bits per heavy atom. The van der Waals surface area contributed by atoms with Crippen LogP contribution in [-0.2, 0) is 11.5 Å². The molecule has 0 atom stereocenters. The third kappa shape index (κ3) is 2.41. The second-order valence-electron chi connectivity index (χ2n) is 5.54. The van der Waals surface area contributed by atoms with Gasteiger partial charge < -0.3 is 15.0 Å². The molecule has 0 saturated heterocycles. The lowest BCUT2D eigenvalue weighted by molar-refractivity contribution is 0.482. The summed E-state index contributed by atoms with van der Waals surface area (Å²) in [6, 6.07) is 19.6. The molecule has 4 rings (SSSR count). The Hall–Kier alpha value is -2.84. The molecular weight excluding hydrogens is 318 g/mol. The summed E-state index contributed by atoms with van der Waals surface area (Å²) in [7, 11) is 0. The van der Waals surface area contributed by atoms with E-state index in [9.17, 15) is 5.26 Å². The topological polar surface area (TPSA) is 64.0 Å². The quantitative estimate of drug-likeness (QED) is 0.768. The van der Waals surface area contributed by atoms with E-state index in [1.165, 1.54) is 0 Å². The highest BCUT2D eigenvalue weighted by Gasteiger charge is 2.25. The summed E-state index contributed by atoms with van der Waals surface area (Å²) in [5.74, 6) is 3.31. The molecule has 5 heteroatoms. The Morgan fingerprint density at radius 3 is 2.42 bits per heavy atom. The van der Waals surface area contributed by atoms with Crippen molar-refractivity contribution < 1.29 is 4.74 Å². The minimum atomic E-state index is 0.525. The number of para-hydroxylation sites is 1. The van der Waals surface area contributed by atoms with Crippen LogP contribution in [0.1, 0.15) is 17.0 Å². The molecule has 2 N–H and O–H groups in total. The zero-order valence-electron chi connectivity index (χ0n) is 12.9. The number of ether oxygens (including phenoxy) is 1. The van der Waals surface area contributed by atoms with Gasteiger partial charge in [-0.3, -0.25) is 0 Å². The number of aromatic nitrogens is 1. The van der Waals surface area contributed by atoms with Gasteiger partial charge in [-0.1, -0.05) is 18.2 Å². The third-order valence-electron chi connectivity index (χ3n) is 4.09. The summed E-state index contributed by atoms with van der Waals surface area (Å²) >= 11 is 1.82. The Balaban J connectivity index is 1.69. The number of rotatable bonds is 3. The van der Waals surface area contributed by atoms with Crippen molar-refractivity contribution in [3.8, 4) is 23.3 Å². The standard InChI is InChI=1S/C19H15N3OS/c20-10-17-19(21)16-11-24-12-18(16)22(17)13-6-8-15(9-7-13)23-14-4-2-1-3-5-14/h1-9H,11-12,21H2. The van der Waals surface area contributed by atoms with Crippen LogP contribution in [-0.4, -0.2) is 4.57 Å². The maximum absolute atomic E-state index is 9.49. The van der Waals surface area contributed by atoms with Crippen molar-refractivity contribution in [2.45, 2.75) is 11.5 Å². The lowest BCUT2D eigenvalue weighted by atomic mass is 10.2. The van der Waals surface area contributed by atoms with Gasteiger partial charge in [0.1, 0.15) is 23.3 Å². The molecule has 24 heavy (non-hydrogen) atoms. The van der Waals surface area contributed by atoms with Gasteiger partial charge in [0.05, 0.1) is 5.69 Å². The SMILES string of the molecule is N#Cc1c(N)c2c(n1-c1ccc(Oc3ccccc3)cc1)CSC2. The van der Waals surface area contributed by atoms with Crippen molar-refractivity contribution in [1.82, 2.24) is 4.57 Å². The molecule has 0 radical (unpaired) electrons. The highest BCUT2D eigenvalue weighted by molar-refractivity contribution is 7.98. The first kappa shape index (κ1) is 14.7. The zero-order chi connectivity index (χ0) is 16.5. The van der Waals surface area contributed by atoms with Crippen LogP contribution < -0.4 is 10.5 Å². The number of nitrogens with zero attached hydrogens (tertiary/aromatic N) is 2. The fourth-order valence-corrected chi connectivity index (χ4v) is 4.06. The fraction of sp³-hybridized carbons (Fsp3) is 0.105. The Labute approximate surface area is 144 Å². The monoisotopic (exact) mass is 333 g/mol. The second kappa shape index (κ2) is 5.99. The molecule has 0 fully saturated rings. The summed E-state index contributed by atoms with van der Waals surface area (Å²) in [5.41, 5.74) is 10.5. The van der Waals surface area contributed by atoms with Crippen molar-refractivity contribution in [3.63, 3.8) is 0 Å². The number of benzene rings is 2. The molecule has 3 aromatic rings. The summed E-state index contributed by atoms with van der Waals surface area (Å²) in [6.45, 7) is 0. The summed E-state index contributed by atoms with van der Waals surface area (Å²) in [5, 5.41) is 9.49. The van der Waals surface area contributed by atoms with Crippen LogP contribution >= 0.6 is 11.8 Å². The second-order valence-corrected chi connectivity index (χ2v) is 6.52. The van der Waals surface area contributed by atoms with E-state index in [-0.39, 0.29) is 0 Å². The van der Waals surface area contributed by atoms with Gasteiger partial charge in [0, 0.05) is 28.5 Å². The van der Waals surface area contributed by atoms with Crippen LogP contribution in [0.15, 0.2) is 54.6 Å². The van der Waals surface area contributed by atoms with Gasteiger partial charge in [-0.2, -0.15) is 17.0 Å². The average Bonchev–Trinajstić information content (AvgIpc) is 3.19. The molecule has 4 nitrogen and oxygen atoms in total. The molecule has 1 aliphatic rings. The van der Waals surface area contributed by atoms with E-state index in [1.807, 2.05) is 70.9 Å². The van der Waals surface area contributed by atoms with Crippen LogP contribution in [0.5, 0.6) is 11.5 Å². The fourth-order valence-electron chi connectivity index (χ4n) is 2.93. The van der Waals surface area contributed by atoms with Gasteiger partial charge in [0.2, 0.25) is 0 Å². The first-order valence-electron chi connectivity index (χ1n) is 7.61. The van der Waals surface area contributed by atoms with E-state index >= 15 is 0 Å². The minimum Gasteiger partial charge on any atom is -0.457 e. The van der Waals surface area contributed by atoms with Crippen LogP contribution in [0.2, 0.25) is 0 Å². The van der Waals surface area contributed by atoms with E-state index in [2.05, 4.69) is 6.07 Å². The first-order valence-corrected chi connectivity index (χ1v) is 8.76. The van der Waals surface area contributed by atoms with E-state index in [4.69, 9.17) is 10.5 Å². The molecule has 118 valence electrons. The first-order chi connectivity index (χ1) is 11.8. The van der Waals surface area contributed by atoms with Crippen LogP contribution in [0, 0.1) is 11.3 Å². The predicted octanol–water partition coefficient (Wildman–Crippen LogP) is 4.47. The normalized spacial score (nSPS) is 12.6. The van der Waals surface area contributed by atoms with Gasteiger partial charge in [0.15, 0.2) is 0 Å². The molecule has 2 aromatic carbocycles. The molecule has 0 unspecified atom stereocenters. The number of hydrogen-bond donors (Lipinski definition) is 1. The largest absolute Gasteiger partial charge is 0.457 e. The number of nitrogens with two attached hydrogens (primary N) is 1. The molecule has 0 bridgehead atoms. The van der Waals surface area contributed by atoms with Gasteiger partial charge in [-0.15, -0.1) is 0 Å². The maximum Gasteiger partial charge on any atom is 0.148 e. The zero-order valence-corrected chi connectivity index (χ0v) is 13.7. The van der Waals surface area contributed by atoms with E-state index < -0.39 is 0 Å². The number of nitriles is 1. The molecule has 0 saturated carbocycles. The van der Waals surface area contributed by atoms with E-state index in [0.717, 1.165) is 39.9 Å². The highest BCUT2D eigenvalue weighted by Crippen LogP contribution is 2.39. The van der Waals surface area contributed by atoms with Crippen molar-refractivity contribution >= 4 is 17.4 Å². The van der Waals surface area contributed by atoms with Crippen molar-refractivity contribution in [2.24, 2.45) is 0 Å². The maximum atomic E-state index is 9.49. The summed E-state index contributed by atoms with van der Waals surface area (Å²) in [6.07, 6.45) is 0. The molecule has 0 amide bonds. The van der Waals surface area contributed by atoms with Gasteiger partial charge in [0.25, 0.3) is 0 Å². The lowest BCUT2D eigenvalue weighted by Gasteiger charge is -2.11. The Bertz CT molecular complexity index is 924. The minimum absolute atomic E-state index is 0.525. The Kier molecular flexibility index (Phi) is 3.68. The highest BCUT2D eigenvalue weighted by atomic mass is 32.2. The molecular formula is C19H15N3OS. The van der Waals surface area contributed by atoms with Crippen LogP contribution in [0.25, 0.3) is 5.69 Å². The third-order valence-corrected chi connectivity index (χ3v) is 5.06. The average molecular weight is 333 g/mol. The van der Waals surface area contributed by atoms with Crippen molar-refractivity contribution in [3.05, 3.63) is 71.5 Å². The van der Waals surface area contributed by atoms with Gasteiger partial charge in [-0.25, -0.2) is 0 Å². The smallest absolute Gasteiger partial charge is 0.148 e. The molecule has 1 aromatic heterocycles. The number of nitrogen functional groups attached to an aromatic ring is 1. The van der Waals surface area contributed by atoms with Crippen LogP contribution in [0.3, 0.4) is 0 Å². The Morgan fingerprint density at radius 2 is 1.71 bits per heavy atom. The lowest BCUT2D eigenvalue weighted by Crippen LogP contribution is -2.02. The molecule has 0 aliphatic carbocycles.